The number of nitriles is 2. The van der Waals surface area contributed by atoms with Crippen LogP contribution >= 0.6 is 0 Å². The third-order valence-electron chi connectivity index (χ3n) is 9.40. The molecule has 0 amide bonds. The van der Waals surface area contributed by atoms with Gasteiger partial charge >= 0.3 is 0 Å². The summed E-state index contributed by atoms with van der Waals surface area (Å²) in [4.78, 5) is 0. The maximum Gasteiger partial charge on any atom is 0.101 e. The Hall–Kier alpha value is -6.88. The molecule has 4 heteroatoms. The molecule has 0 aliphatic rings. The van der Waals surface area contributed by atoms with Crippen molar-refractivity contribution in [2.24, 2.45) is 0 Å². The first kappa shape index (κ1) is 27.4. The maximum atomic E-state index is 10.7. The number of nitrogens with zero attached hydrogens (tertiary/aromatic N) is 4. The molecule has 0 fully saturated rings. The molecule has 9 rings (SSSR count). The van der Waals surface area contributed by atoms with Gasteiger partial charge in [-0.3, -0.25) is 0 Å². The fraction of sp³-hybridized carbons (Fsp3) is 0. The van der Waals surface area contributed by atoms with Crippen LogP contribution in [0.2, 0.25) is 0 Å². The molecular weight excluding hydrogens is 585 g/mol. The van der Waals surface area contributed by atoms with Crippen LogP contribution in [0.1, 0.15) is 11.1 Å². The van der Waals surface area contributed by atoms with Crippen molar-refractivity contribution in [1.82, 2.24) is 9.13 Å². The molecule has 0 radical (unpaired) electrons. The highest BCUT2D eigenvalue weighted by atomic mass is 15.0. The van der Waals surface area contributed by atoms with E-state index in [0.717, 1.165) is 66.5 Å². The molecule has 0 bridgehead atoms. The van der Waals surface area contributed by atoms with Crippen LogP contribution in [0.15, 0.2) is 158 Å². The highest BCUT2D eigenvalue weighted by Crippen LogP contribution is 2.40. The molecule has 0 unspecified atom stereocenters. The van der Waals surface area contributed by atoms with Crippen LogP contribution in [-0.4, -0.2) is 9.13 Å². The molecule has 2 aromatic heterocycles. The van der Waals surface area contributed by atoms with E-state index in [1.54, 1.807) is 0 Å². The first-order chi connectivity index (χ1) is 23.7. The normalized spacial score (nSPS) is 11.3. The monoisotopic (exact) mass is 610 g/mol. The summed E-state index contributed by atoms with van der Waals surface area (Å²) in [5, 5.41) is 24.7. The van der Waals surface area contributed by atoms with Gasteiger partial charge in [0.2, 0.25) is 0 Å². The van der Waals surface area contributed by atoms with Gasteiger partial charge in [-0.25, -0.2) is 0 Å². The van der Waals surface area contributed by atoms with Crippen molar-refractivity contribution in [3.63, 3.8) is 0 Å². The fourth-order valence-corrected chi connectivity index (χ4v) is 7.24. The quantitative estimate of drug-likeness (QED) is 0.199. The zero-order valence-electron chi connectivity index (χ0n) is 25.8. The minimum atomic E-state index is 0.567. The van der Waals surface area contributed by atoms with Crippen molar-refractivity contribution in [3.05, 3.63) is 169 Å². The molecule has 0 aliphatic heterocycles. The van der Waals surface area contributed by atoms with E-state index >= 15 is 0 Å². The fourth-order valence-electron chi connectivity index (χ4n) is 7.24. The van der Waals surface area contributed by atoms with E-state index in [0.29, 0.717) is 11.1 Å². The Labute approximate surface area is 277 Å². The average molecular weight is 611 g/mol. The van der Waals surface area contributed by atoms with Crippen molar-refractivity contribution in [2.75, 3.05) is 0 Å². The largest absolute Gasteiger partial charge is 0.309 e. The summed E-state index contributed by atoms with van der Waals surface area (Å²) in [7, 11) is 0. The van der Waals surface area contributed by atoms with E-state index in [2.05, 4.69) is 137 Å². The SMILES string of the molecule is N#Cc1ccc2c(c1)c1ccccc1n2-c1ccc(-c2cc(-c3ccccc3)ccc2-n2c3ccccc3c3ccccc32)cc1C#N. The molecule has 48 heavy (non-hydrogen) atoms. The predicted octanol–water partition coefficient (Wildman–Crippen LogP) is 11.0. The Morgan fingerprint density at radius 1 is 0.375 bits per heavy atom. The molecule has 0 N–H and O–H groups in total. The highest BCUT2D eigenvalue weighted by Gasteiger charge is 2.19. The average Bonchev–Trinajstić information content (AvgIpc) is 3.67. The molecule has 9 aromatic rings. The van der Waals surface area contributed by atoms with E-state index in [1.165, 1.54) is 10.8 Å². The van der Waals surface area contributed by atoms with Crippen LogP contribution in [0, 0.1) is 22.7 Å². The first-order valence-corrected chi connectivity index (χ1v) is 15.9. The van der Waals surface area contributed by atoms with Gasteiger partial charge in [-0.1, -0.05) is 97.1 Å². The minimum Gasteiger partial charge on any atom is -0.309 e. The third kappa shape index (κ3) is 4.14. The molecule has 7 aromatic carbocycles. The maximum absolute atomic E-state index is 10.7. The molecular formula is C44H26N4. The van der Waals surface area contributed by atoms with Crippen molar-refractivity contribution in [3.8, 4) is 45.8 Å². The molecule has 4 nitrogen and oxygen atoms in total. The smallest absolute Gasteiger partial charge is 0.101 e. The first-order valence-electron chi connectivity index (χ1n) is 15.9. The Morgan fingerprint density at radius 2 is 0.917 bits per heavy atom. The van der Waals surface area contributed by atoms with E-state index < -0.39 is 0 Å². The molecule has 0 aliphatic carbocycles. The van der Waals surface area contributed by atoms with Gasteiger partial charge in [0.25, 0.3) is 0 Å². The van der Waals surface area contributed by atoms with Crippen LogP contribution < -0.4 is 0 Å². The molecule has 0 spiro atoms. The van der Waals surface area contributed by atoms with Gasteiger partial charge in [-0.05, 0) is 77.4 Å². The molecule has 0 saturated carbocycles. The van der Waals surface area contributed by atoms with Gasteiger partial charge in [0, 0.05) is 27.1 Å². The van der Waals surface area contributed by atoms with Crippen molar-refractivity contribution in [2.45, 2.75) is 0 Å². The van der Waals surface area contributed by atoms with Crippen molar-refractivity contribution >= 4 is 43.6 Å². The van der Waals surface area contributed by atoms with Gasteiger partial charge < -0.3 is 9.13 Å². The second-order valence-corrected chi connectivity index (χ2v) is 12.0. The third-order valence-corrected chi connectivity index (χ3v) is 9.40. The lowest BCUT2D eigenvalue weighted by molar-refractivity contribution is 1.16. The minimum absolute atomic E-state index is 0.567. The molecule has 222 valence electrons. The number of aromatic nitrogens is 2. The standard InChI is InChI=1S/C44H26N4/c45-27-29-18-21-44-38(24-29)36-14-6-9-17-42(36)47(44)39-22-20-32(25-33(39)28-46)37-26-31(30-10-2-1-3-11-30)19-23-43(37)48-40-15-7-4-12-34(40)35-13-5-8-16-41(35)48/h1-26H. The number of benzene rings is 7. The molecule has 2 heterocycles. The van der Waals surface area contributed by atoms with Crippen molar-refractivity contribution < 1.29 is 0 Å². The number of para-hydroxylation sites is 3. The zero-order valence-corrected chi connectivity index (χ0v) is 25.8. The summed E-state index contributed by atoms with van der Waals surface area (Å²) in [6.45, 7) is 0. The van der Waals surface area contributed by atoms with Crippen LogP contribution in [0.5, 0.6) is 0 Å². The summed E-state index contributed by atoms with van der Waals surface area (Å²) in [5.41, 5.74) is 11.5. The number of fused-ring (bicyclic) bond motifs is 6. The predicted molar refractivity (Wildman–Crippen MR) is 195 cm³/mol. The molecule has 0 saturated heterocycles. The Bertz CT molecular complexity index is 2750. The Kier molecular flexibility index (Phi) is 6.22. The summed E-state index contributed by atoms with van der Waals surface area (Å²) in [6, 6.07) is 59.0. The Balaban J connectivity index is 1.31. The number of hydrogen-bond donors (Lipinski definition) is 0. The second-order valence-electron chi connectivity index (χ2n) is 12.0. The van der Waals surface area contributed by atoms with Gasteiger partial charge in [0.15, 0.2) is 0 Å². The van der Waals surface area contributed by atoms with Crippen LogP contribution in [0.3, 0.4) is 0 Å². The van der Waals surface area contributed by atoms with E-state index in [4.69, 9.17) is 0 Å². The lowest BCUT2D eigenvalue weighted by Gasteiger charge is -2.17. The zero-order chi connectivity index (χ0) is 32.2. The van der Waals surface area contributed by atoms with E-state index in [1.807, 2.05) is 42.5 Å². The Morgan fingerprint density at radius 3 is 1.56 bits per heavy atom. The molecule has 0 atom stereocenters. The lowest BCUT2D eigenvalue weighted by Crippen LogP contribution is -2.00. The van der Waals surface area contributed by atoms with Crippen LogP contribution in [-0.2, 0) is 0 Å². The summed E-state index contributed by atoms with van der Waals surface area (Å²) in [5.74, 6) is 0. The number of rotatable bonds is 4. The van der Waals surface area contributed by atoms with Gasteiger partial charge in [0.05, 0.1) is 50.6 Å². The van der Waals surface area contributed by atoms with Crippen LogP contribution in [0.4, 0.5) is 0 Å². The van der Waals surface area contributed by atoms with Gasteiger partial charge in [-0.15, -0.1) is 0 Å². The topological polar surface area (TPSA) is 57.4 Å². The summed E-state index contributed by atoms with van der Waals surface area (Å²) in [6.07, 6.45) is 0. The number of hydrogen-bond acceptors (Lipinski definition) is 2. The van der Waals surface area contributed by atoms with Gasteiger partial charge in [-0.2, -0.15) is 10.5 Å². The summed E-state index contributed by atoms with van der Waals surface area (Å²) < 4.78 is 4.48. The highest BCUT2D eigenvalue weighted by molar-refractivity contribution is 6.11. The summed E-state index contributed by atoms with van der Waals surface area (Å²) >= 11 is 0. The van der Waals surface area contributed by atoms with E-state index in [-0.39, 0.29) is 0 Å². The van der Waals surface area contributed by atoms with Crippen LogP contribution in [0.25, 0.3) is 77.2 Å². The van der Waals surface area contributed by atoms with Crippen molar-refractivity contribution in [1.29, 1.82) is 10.5 Å². The van der Waals surface area contributed by atoms with Gasteiger partial charge in [0.1, 0.15) is 6.07 Å². The lowest BCUT2D eigenvalue weighted by atomic mass is 9.95. The second kappa shape index (κ2) is 10.9. The van der Waals surface area contributed by atoms with E-state index in [9.17, 15) is 10.5 Å².